The number of carbonyl (C=O) groups is 1. The molecule has 1 unspecified atom stereocenters. The topological polar surface area (TPSA) is 84.0 Å². The van der Waals surface area contributed by atoms with Gasteiger partial charge in [0.15, 0.2) is 5.96 Å². The number of ether oxygens (including phenoxy) is 2. The van der Waals surface area contributed by atoms with Crippen LogP contribution in [0.3, 0.4) is 0 Å². The lowest BCUT2D eigenvalue weighted by atomic mass is 10.1. The van der Waals surface area contributed by atoms with Crippen molar-refractivity contribution in [2.75, 3.05) is 33.4 Å². The van der Waals surface area contributed by atoms with Gasteiger partial charge in [-0.15, -0.1) is 0 Å². The molecular weight excluding hydrogens is 356 g/mol. The van der Waals surface area contributed by atoms with Crippen molar-refractivity contribution >= 4 is 11.9 Å². The van der Waals surface area contributed by atoms with Gasteiger partial charge < -0.3 is 25.4 Å². The lowest BCUT2D eigenvalue weighted by Gasteiger charge is -2.17. The Labute approximate surface area is 168 Å². The molecule has 0 spiro atoms. The number of carbonyl (C=O) groups excluding carboxylic acids is 1. The molecule has 3 N–H and O–H groups in total. The molecular formula is C21H34N4O3. The summed E-state index contributed by atoms with van der Waals surface area (Å²) >= 11 is 0. The van der Waals surface area contributed by atoms with Crippen LogP contribution in [0.2, 0.25) is 0 Å². The van der Waals surface area contributed by atoms with Gasteiger partial charge in [-0.2, -0.15) is 0 Å². The summed E-state index contributed by atoms with van der Waals surface area (Å²) < 4.78 is 11.5. The van der Waals surface area contributed by atoms with E-state index in [4.69, 9.17) is 9.47 Å². The fraction of sp³-hybridized carbons (Fsp3) is 0.619. The maximum atomic E-state index is 11.7. The minimum absolute atomic E-state index is 0.0306. The van der Waals surface area contributed by atoms with E-state index in [9.17, 15) is 4.79 Å². The Balaban J connectivity index is 1.83. The Morgan fingerprint density at radius 3 is 2.86 bits per heavy atom. The maximum absolute atomic E-state index is 11.7. The zero-order valence-corrected chi connectivity index (χ0v) is 17.5. The van der Waals surface area contributed by atoms with E-state index in [1.165, 1.54) is 5.56 Å². The normalized spacial score (nSPS) is 16.9. The summed E-state index contributed by atoms with van der Waals surface area (Å²) in [5.74, 6) is 2.05. The standard InChI is InChI=1S/C21H34N4O3/c1-15(2)25-20(26)7-9-23-21(22-4)24-12-18-6-5-16(3)11-19(18)28-14-17-8-10-27-13-17/h5-6,11,15,17H,7-10,12-14H2,1-4H3,(H,25,26)(H2,22,23,24). The molecule has 1 aromatic rings. The van der Waals surface area contributed by atoms with Gasteiger partial charge in [0.25, 0.3) is 0 Å². The molecule has 28 heavy (non-hydrogen) atoms. The molecule has 7 nitrogen and oxygen atoms in total. The Morgan fingerprint density at radius 1 is 1.36 bits per heavy atom. The first kappa shape index (κ1) is 22.0. The van der Waals surface area contributed by atoms with Crippen molar-refractivity contribution in [3.8, 4) is 5.75 Å². The van der Waals surface area contributed by atoms with Crippen LogP contribution in [-0.2, 0) is 16.1 Å². The highest BCUT2D eigenvalue weighted by atomic mass is 16.5. The van der Waals surface area contributed by atoms with Crippen LogP contribution in [0.1, 0.15) is 37.8 Å². The molecule has 1 aliphatic heterocycles. The number of rotatable bonds is 9. The van der Waals surface area contributed by atoms with Crippen LogP contribution in [0.5, 0.6) is 5.75 Å². The smallest absolute Gasteiger partial charge is 0.221 e. The SMILES string of the molecule is CN=C(NCCC(=O)NC(C)C)NCc1ccc(C)cc1OCC1CCOC1. The third kappa shape index (κ3) is 7.76. The van der Waals surface area contributed by atoms with Crippen LogP contribution in [-0.4, -0.2) is 51.3 Å². The van der Waals surface area contributed by atoms with E-state index in [0.717, 1.165) is 30.9 Å². The molecule has 0 saturated carbocycles. The van der Waals surface area contributed by atoms with Gasteiger partial charge in [0.1, 0.15) is 5.75 Å². The van der Waals surface area contributed by atoms with Gasteiger partial charge in [-0.05, 0) is 38.8 Å². The van der Waals surface area contributed by atoms with Crippen molar-refractivity contribution in [2.45, 2.75) is 46.2 Å². The van der Waals surface area contributed by atoms with E-state index >= 15 is 0 Å². The molecule has 1 fully saturated rings. The lowest BCUT2D eigenvalue weighted by Crippen LogP contribution is -2.39. The molecule has 1 aliphatic rings. The molecule has 2 rings (SSSR count). The zero-order valence-electron chi connectivity index (χ0n) is 17.5. The highest BCUT2D eigenvalue weighted by Crippen LogP contribution is 2.22. The molecule has 0 aromatic heterocycles. The lowest BCUT2D eigenvalue weighted by molar-refractivity contribution is -0.121. The largest absolute Gasteiger partial charge is 0.493 e. The number of guanidine groups is 1. The molecule has 1 amide bonds. The van der Waals surface area contributed by atoms with Crippen LogP contribution < -0.4 is 20.7 Å². The Morgan fingerprint density at radius 2 is 2.18 bits per heavy atom. The summed E-state index contributed by atoms with van der Waals surface area (Å²) in [4.78, 5) is 15.9. The number of aryl methyl sites for hydroxylation is 1. The first-order valence-corrected chi connectivity index (χ1v) is 10.0. The maximum Gasteiger partial charge on any atom is 0.221 e. The van der Waals surface area contributed by atoms with E-state index in [1.54, 1.807) is 7.05 Å². The second kappa shape index (κ2) is 11.5. The number of amides is 1. The molecule has 1 atom stereocenters. The Kier molecular flexibility index (Phi) is 9.07. The molecule has 1 saturated heterocycles. The van der Waals surface area contributed by atoms with Crippen molar-refractivity contribution in [1.29, 1.82) is 0 Å². The van der Waals surface area contributed by atoms with Crippen molar-refractivity contribution in [3.05, 3.63) is 29.3 Å². The third-order valence-corrected chi connectivity index (χ3v) is 4.49. The first-order valence-electron chi connectivity index (χ1n) is 10.0. The Bertz CT molecular complexity index is 655. The van der Waals surface area contributed by atoms with Gasteiger partial charge in [0, 0.05) is 50.7 Å². The molecule has 1 heterocycles. The zero-order chi connectivity index (χ0) is 20.4. The van der Waals surface area contributed by atoms with Gasteiger partial charge in [-0.1, -0.05) is 12.1 Å². The highest BCUT2D eigenvalue weighted by Gasteiger charge is 2.17. The minimum atomic E-state index is 0.0306. The quantitative estimate of drug-likeness (QED) is 0.444. The van der Waals surface area contributed by atoms with Crippen molar-refractivity contribution < 1.29 is 14.3 Å². The van der Waals surface area contributed by atoms with Gasteiger partial charge in [0.05, 0.1) is 13.2 Å². The number of hydrogen-bond acceptors (Lipinski definition) is 4. The fourth-order valence-electron chi connectivity index (χ4n) is 2.95. The summed E-state index contributed by atoms with van der Waals surface area (Å²) in [5, 5.41) is 9.34. The van der Waals surface area contributed by atoms with E-state index in [2.05, 4.69) is 46.1 Å². The molecule has 0 bridgehead atoms. The van der Waals surface area contributed by atoms with E-state index in [0.29, 0.717) is 38.0 Å². The van der Waals surface area contributed by atoms with Crippen LogP contribution in [0, 0.1) is 12.8 Å². The minimum Gasteiger partial charge on any atom is -0.493 e. The summed E-state index contributed by atoms with van der Waals surface area (Å²) in [7, 11) is 1.72. The second-order valence-electron chi connectivity index (χ2n) is 7.48. The third-order valence-electron chi connectivity index (χ3n) is 4.49. The number of nitrogens with zero attached hydrogens (tertiary/aromatic N) is 1. The van der Waals surface area contributed by atoms with Gasteiger partial charge in [0.2, 0.25) is 5.91 Å². The highest BCUT2D eigenvalue weighted by molar-refractivity contribution is 5.81. The molecule has 1 aromatic carbocycles. The predicted octanol–water partition coefficient (Wildman–Crippen LogP) is 1.99. The number of hydrogen-bond donors (Lipinski definition) is 3. The second-order valence-corrected chi connectivity index (χ2v) is 7.48. The summed E-state index contributed by atoms with van der Waals surface area (Å²) in [5.41, 5.74) is 2.24. The van der Waals surface area contributed by atoms with E-state index < -0.39 is 0 Å². The van der Waals surface area contributed by atoms with Gasteiger partial charge in [-0.25, -0.2) is 0 Å². The van der Waals surface area contributed by atoms with Crippen molar-refractivity contribution in [1.82, 2.24) is 16.0 Å². The molecule has 156 valence electrons. The van der Waals surface area contributed by atoms with Crippen LogP contribution in [0.25, 0.3) is 0 Å². The number of benzene rings is 1. The van der Waals surface area contributed by atoms with Crippen LogP contribution in [0.4, 0.5) is 0 Å². The summed E-state index contributed by atoms with van der Waals surface area (Å²) in [6, 6.07) is 6.38. The van der Waals surface area contributed by atoms with Gasteiger partial charge in [-0.3, -0.25) is 9.79 Å². The molecule has 0 aliphatic carbocycles. The molecule has 0 radical (unpaired) electrons. The van der Waals surface area contributed by atoms with E-state index in [-0.39, 0.29) is 11.9 Å². The monoisotopic (exact) mass is 390 g/mol. The fourth-order valence-corrected chi connectivity index (χ4v) is 2.95. The first-order chi connectivity index (χ1) is 13.5. The van der Waals surface area contributed by atoms with Crippen molar-refractivity contribution in [3.63, 3.8) is 0 Å². The number of aliphatic imine (C=N–C) groups is 1. The predicted molar refractivity (Wildman–Crippen MR) is 112 cm³/mol. The average molecular weight is 391 g/mol. The van der Waals surface area contributed by atoms with Crippen molar-refractivity contribution in [2.24, 2.45) is 10.9 Å². The van der Waals surface area contributed by atoms with Crippen LogP contribution >= 0.6 is 0 Å². The summed E-state index contributed by atoms with van der Waals surface area (Å²) in [6.07, 6.45) is 1.46. The van der Waals surface area contributed by atoms with Gasteiger partial charge >= 0.3 is 0 Å². The van der Waals surface area contributed by atoms with E-state index in [1.807, 2.05) is 13.8 Å². The Hall–Kier alpha value is -2.28. The number of nitrogens with one attached hydrogen (secondary N) is 3. The molecule has 7 heteroatoms. The van der Waals surface area contributed by atoms with Crippen LogP contribution in [0.15, 0.2) is 23.2 Å². The average Bonchev–Trinajstić information content (AvgIpc) is 3.16. The summed E-state index contributed by atoms with van der Waals surface area (Å²) in [6.45, 7) is 9.36.